The average molecular weight is 352 g/mol. The molecule has 0 unspecified atom stereocenters. The van der Waals surface area contributed by atoms with Gasteiger partial charge in [-0.15, -0.1) is 10.2 Å². The molecule has 130 valence electrons. The number of benzene rings is 3. The van der Waals surface area contributed by atoms with Crippen molar-refractivity contribution in [2.24, 2.45) is 15.3 Å². The van der Waals surface area contributed by atoms with E-state index in [0.29, 0.717) is 11.7 Å². The van der Waals surface area contributed by atoms with E-state index in [4.69, 9.17) is 0 Å². The van der Waals surface area contributed by atoms with Crippen molar-refractivity contribution in [2.45, 2.75) is 0 Å². The molecule has 0 amide bonds. The van der Waals surface area contributed by atoms with Crippen LogP contribution in [-0.4, -0.2) is 15.8 Å². The van der Waals surface area contributed by atoms with Gasteiger partial charge in [0.1, 0.15) is 0 Å². The Hall–Kier alpha value is -3.93. The molecule has 0 fully saturated rings. The summed E-state index contributed by atoms with van der Waals surface area (Å²) >= 11 is 0. The summed E-state index contributed by atoms with van der Waals surface area (Å²) in [6.07, 6.45) is 1.60. The van der Waals surface area contributed by atoms with Crippen molar-refractivity contribution in [3.63, 3.8) is 0 Å². The van der Waals surface area contributed by atoms with Crippen LogP contribution in [0.3, 0.4) is 0 Å². The number of anilines is 1. The van der Waals surface area contributed by atoms with Crippen molar-refractivity contribution in [3.8, 4) is 0 Å². The largest absolute Gasteiger partial charge is 0.276 e. The van der Waals surface area contributed by atoms with Crippen LogP contribution >= 0.6 is 0 Å². The van der Waals surface area contributed by atoms with Crippen molar-refractivity contribution >= 4 is 28.4 Å². The number of amidine groups is 1. The first kappa shape index (κ1) is 16.5. The van der Waals surface area contributed by atoms with Gasteiger partial charge in [-0.3, -0.25) is 10.4 Å². The zero-order valence-electron chi connectivity index (χ0n) is 14.4. The van der Waals surface area contributed by atoms with Gasteiger partial charge in [0.2, 0.25) is 5.84 Å². The number of nitrogens with one attached hydrogen (secondary N) is 1. The number of para-hydroxylation sites is 3. The van der Waals surface area contributed by atoms with Gasteiger partial charge >= 0.3 is 0 Å². The Morgan fingerprint density at radius 3 is 2.19 bits per heavy atom. The fourth-order valence-corrected chi connectivity index (χ4v) is 2.46. The Morgan fingerprint density at radius 1 is 0.741 bits per heavy atom. The maximum absolute atomic E-state index is 4.46. The minimum absolute atomic E-state index is 0.428. The smallest absolute Gasteiger partial charge is 0.201 e. The van der Waals surface area contributed by atoms with E-state index in [0.717, 1.165) is 22.3 Å². The van der Waals surface area contributed by atoms with Gasteiger partial charge in [-0.05, 0) is 24.3 Å². The van der Waals surface area contributed by atoms with E-state index in [2.05, 4.69) is 30.7 Å². The summed E-state index contributed by atoms with van der Waals surface area (Å²) in [5.41, 5.74) is 6.31. The molecular weight excluding hydrogens is 336 g/mol. The molecule has 0 atom stereocenters. The summed E-state index contributed by atoms with van der Waals surface area (Å²) in [4.78, 5) is 8.81. The van der Waals surface area contributed by atoms with E-state index in [1.54, 1.807) is 6.20 Å². The number of rotatable bonds is 4. The van der Waals surface area contributed by atoms with Gasteiger partial charge in [-0.1, -0.05) is 60.7 Å². The van der Waals surface area contributed by atoms with Gasteiger partial charge < -0.3 is 0 Å². The lowest BCUT2D eigenvalue weighted by molar-refractivity contribution is 1.15. The van der Waals surface area contributed by atoms with Gasteiger partial charge in [0, 0.05) is 5.56 Å². The highest BCUT2D eigenvalue weighted by Gasteiger charge is 2.03. The molecule has 0 aliphatic carbocycles. The van der Waals surface area contributed by atoms with Crippen molar-refractivity contribution in [1.82, 2.24) is 9.97 Å². The highest BCUT2D eigenvalue weighted by molar-refractivity contribution is 5.99. The lowest BCUT2D eigenvalue weighted by Crippen LogP contribution is -2.01. The number of fused-ring (bicyclic) bond motifs is 1. The lowest BCUT2D eigenvalue weighted by atomic mass is 10.2. The normalized spacial score (nSPS) is 11.8. The molecule has 3 aromatic carbocycles. The quantitative estimate of drug-likeness (QED) is 0.238. The monoisotopic (exact) mass is 352 g/mol. The lowest BCUT2D eigenvalue weighted by Gasteiger charge is -2.03. The third kappa shape index (κ3) is 4.19. The van der Waals surface area contributed by atoms with Crippen LogP contribution in [0.1, 0.15) is 5.56 Å². The van der Waals surface area contributed by atoms with E-state index in [9.17, 15) is 0 Å². The number of hydrogen-bond acceptors (Lipinski definition) is 5. The van der Waals surface area contributed by atoms with Crippen LogP contribution in [0.4, 0.5) is 11.5 Å². The molecule has 0 radical (unpaired) electrons. The fourth-order valence-electron chi connectivity index (χ4n) is 2.46. The molecule has 27 heavy (non-hydrogen) atoms. The predicted molar refractivity (Wildman–Crippen MR) is 107 cm³/mol. The molecule has 1 N–H and O–H groups in total. The minimum Gasteiger partial charge on any atom is -0.276 e. The minimum atomic E-state index is 0.428. The van der Waals surface area contributed by atoms with Crippen LogP contribution < -0.4 is 5.43 Å². The number of hydrazone groups is 1. The third-order valence-corrected chi connectivity index (χ3v) is 3.78. The van der Waals surface area contributed by atoms with Gasteiger partial charge in [-0.25, -0.2) is 4.98 Å². The molecule has 6 heteroatoms. The molecule has 0 saturated heterocycles. The summed E-state index contributed by atoms with van der Waals surface area (Å²) < 4.78 is 0. The fraction of sp³-hybridized carbons (Fsp3) is 0. The van der Waals surface area contributed by atoms with Crippen LogP contribution in [0.25, 0.3) is 11.0 Å². The second kappa shape index (κ2) is 7.97. The molecule has 0 aliphatic rings. The Labute approximate surface area is 156 Å². The summed E-state index contributed by atoms with van der Waals surface area (Å²) in [5, 5.41) is 12.9. The van der Waals surface area contributed by atoms with Crippen molar-refractivity contribution < 1.29 is 0 Å². The van der Waals surface area contributed by atoms with E-state index in [1.807, 2.05) is 84.9 Å². The van der Waals surface area contributed by atoms with Gasteiger partial charge in [0.05, 0.1) is 22.9 Å². The molecule has 0 spiro atoms. The number of nitrogens with zero attached hydrogens (tertiary/aromatic N) is 5. The summed E-state index contributed by atoms with van der Waals surface area (Å²) in [7, 11) is 0. The molecule has 6 nitrogen and oxygen atoms in total. The first-order valence-corrected chi connectivity index (χ1v) is 8.46. The van der Waals surface area contributed by atoms with Gasteiger partial charge in [0.25, 0.3) is 0 Å². The third-order valence-electron chi connectivity index (χ3n) is 3.78. The standard InChI is InChI=1S/C21H16N6/c1-3-9-16(10-4-1)21(26-24-17-11-5-2-6-12-17)27-25-20-15-22-18-13-7-8-14-19(18)23-20/h1-15,24H/b26-21+,27-25?. The summed E-state index contributed by atoms with van der Waals surface area (Å²) in [6, 6.07) is 27.0. The van der Waals surface area contributed by atoms with Crippen molar-refractivity contribution in [2.75, 3.05) is 5.43 Å². The molecule has 0 saturated carbocycles. The van der Waals surface area contributed by atoms with Crippen LogP contribution in [-0.2, 0) is 0 Å². The number of aromatic nitrogens is 2. The Kier molecular flexibility index (Phi) is 4.88. The van der Waals surface area contributed by atoms with Crippen LogP contribution in [0.15, 0.2) is 106 Å². The molecule has 0 aliphatic heterocycles. The zero-order valence-corrected chi connectivity index (χ0v) is 14.4. The molecular formula is C21H16N6. The van der Waals surface area contributed by atoms with Crippen LogP contribution in [0, 0.1) is 0 Å². The van der Waals surface area contributed by atoms with E-state index in [-0.39, 0.29) is 0 Å². The van der Waals surface area contributed by atoms with Crippen molar-refractivity contribution in [1.29, 1.82) is 0 Å². The molecule has 1 aromatic heterocycles. The average Bonchev–Trinajstić information content (AvgIpc) is 2.75. The Morgan fingerprint density at radius 2 is 1.41 bits per heavy atom. The van der Waals surface area contributed by atoms with E-state index in [1.165, 1.54) is 0 Å². The van der Waals surface area contributed by atoms with Gasteiger partial charge in [-0.2, -0.15) is 5.10 Å². The molecule has 0 bridgehead atoms. The number of azo groups is 1. The number of hydrogen-bond donors (Lipinski definition) is 1. The second-order valence-electron chi connectivity index (χ2n) is 5.70. The maximum atomic E-state index is 4.46. The van der Waals surface area contributed by atoms with E-state index < -0.39 is 0 Å². The first-order valence-electron chi connectivity index (χ1n) is 8.46. The first-order chi connectivity index (χ1) is 13.4. The Bertz CT molecular complexity index is 1090. The topological polar surface area (TPSA) is 74.9 Å². The molecule has 1 heterocycles. The maximum Gasteiger partial charge on any atom is 0.201 e. The second-order valence-corrected chi connectivity index (χ2v) is 5.70. The SMILES string of the molecule is c1ccc(N/N=C(/N=Nc2cnc3ccccc3n2)c2ccccc2)cc1. The van der Waals surface area contributed by atoms with Crippen molar-refractivity contribution in [3.05, 3.63) is 96.7 Å². The van der Waals surface area contributed by atoms with Gasteiger partial charge in [0.15, 0.2) is 5.82 Å². The summed E-state index contributed by atoms with van der Waals surface area (Å²) in [5.74, 6) is 0.881. The highest BCUT2D eigenvalue weighted by atomic mass is 15.3. The summed E-state index contributed by atoms with van der Waals surface area (Å²) in [6.45, 7) is 0. The van der Waals surface area contributed by atoms with E-state index >= 15 is 0 Å². The Balaban J connectivity index is 1.64. The molecule has 4 aromatic rings. The van der Waals surface area contributed by atoms with Crippen LogP contribution in [0.5, 0.6) is 0 Å². The molecule has 4 rings (SSSR count). The predicted octanol–water partition coefficient (Wildman–Crippen LogP) is 5.19. The van der Waals surface area contributed by atoms with Crippen LogP contribution in [0.2, 0.25) is 0 Å². The zero-order chi connectivity index (χ0) is 18.3. The highest BCUT2D eigenvalue weighted by Crippen LogP contribution is 2.15.